The van der Waals surface area contributed by atoms with Crippen LogP contribution in [0.2, 0.25) is 5.02 Å². The number of hydrogen-bond donors (Lipinski definition) is 1. The molecule has 0 spiro atoms. The third kappa shape index (κ3) is 2.72. The largest absolute Gasteiger partial charge is 0.373 e. The lowest BCUT2D eigenvalue weighted by Crippen LogP contribution is -2.30. The molecule has 1 aliphatic rings. The van der Waals surface area contributed by atoms with Gasteiger partial charge in [-0.3, -0.25) is 4.79 Å². The average molecular weight is 317 g/mol. The van der Waals surface area contributed by atoms with Crippen LogP contribution in [-0.2, 0) is 6.54 Å². The fraction of sp³-hybridized carbons (Fsp3) is 0.250. The Bertz CT molecular complexity index is 719. The number of halogens is 1. The molecular weight excluding hydrogens is 300 g/mol. The summed E-state index contributed by atoms with van der Waals surface area (Å²) in [5.41, 5.74) is 8.02. The molecule has 3 rings (SSSR count). The molecule has 0 radical (unpaired) electrons. The van der Waals surface area contributed by atoms with Gasteiger partial charge in [-0.2, -0.15) is 0 Å². The summed E-state index contributed by atoms with van der Waals surface area (Å²) in [6, 6.07) is 9.87. The van der Waals surface area contributed by atoms with Crippen LogP contribution in [0.1, 0.15) is 15.9 Å². The predicted molar refractivity (Wildman–Crippen MR) is 88.5 cm³/mol. The lowest BCUT2D eigenvalue weighted by atomic mass is 10.1. The van der Waals surface area contributed by atoms with E-state index >= 15 is 0 Å². The fourth-order valence-electron chi connectivity index (χ4n) is 2.67. The van der Waals surface area contributed by atoms with Crippen LogP contribution in [0.15, 0.2) is 36.5 Å². The molecule has 1 amide bonds. The Kier molecular flexibility index (Phi) is 3.90. The Labute approximate surface area is 134 Å². The Morgan fingerprint density at radius 1 is 1.32 bits per heavy atom. The summed E-state index contributed by atoms with van der Waals surface area (Å²) in [7, 11) is 2.08. The highest BCUT2D eigenvalue weighted by atomic mass is 35.5. The number of amides is 1. The Balaban J connectivity index is 1.95. The number of primary amides is 1. The summed E-state index contributed by atoms with van der Waals surface area (Å²) >= 11 is 6.30. The topological polar surface area (TPSA) is 62.5 Å². The number of para-hydroxylation sites is 1. The van der Waals surface area contributed by atoms with Crippen LogP contribution in [-0.4, -0.2) is 31.0 Å². The van der Waals surface area contributed by atoms with Crippen molar-refractivity contribution in [2.75, 3.05) is 29.9 Å². The van der Waals surface area contributed by atoms with E-state index in [1.54, 1.807) is 6.07 Å². The van der Waals surface area contributed by atoms with Crippen molar-refractivity contribution in [2.45, 2.75) is 6.54 Å². The molecule has 0 fully saturated rings. The molecule has 2 heterocycles. The van der Waals surface area contributed by atoms with Crippen molar-refractivity contribution in [2.24, 2.45) is 5.73 Å². The Morgan fingerprint density at radius 2 is 2.09 bits per heavy atom. The molecule has 5 nitrogen and oxygen atoms in total. The summed E-state index contributed by atoms with van der Waals surface area (Å²) in [5, 5.41) is 0.443. The highest BCUT2D eigenvalue weighted by Crippen LogP contribution is 2.30. The molecule has 2 N–H and O–H groups in total. The zero-order chi connectivity index (χ0) is 15.7. The van der Waals surface area contributed by atoms with E-state index in [2.05, 4.69) is 34.0 Å². The number of aromatic nitrogens is 1. The number of hydrogen-bond acceptors (Lipinski definition) is 4. The van der Waals surface area contributed by atoms with E-state index in [1.165, 1.54) is 17.4 Å². The van der Waals surface area contributed by atoms with Crippen LogP contribution in [0.3, 0.4) is 0 Å². The summed E-state index contributed by atoms with van der Waals surface area (Å²) in [4.78, 5) is 19.9. The van der Waals surface area contributed by atoms with Gasteiger partial charge in [-0.15, -0.1) is 0 Å². The molecule has 2 aromatic rings. The maximum absolute atomic E-state index is 11.2. The molecule has 6 heteroatoms. The van der Waals surface area contributed by atoms with Crippen LogP contribution in [0.4, 0.5) is 11.5 Å². The number of nitrogens with two attached hydrogens (primary N) is 1. The number of rotatable bonds is 2. The second kappa shape index (κ2) is 5.85. The number of nitrogens with zero attached hydrogens (tertiary/aromatic N) is 3. The van der Waals surface area contributed by atoms with Crippen LogP contribution in [0, 0.1) is 0 Å². The van der Waals surface area contributed by atoms with E-state index in [0.29, 0.717) is 16.4 Å². The van der Waals surface area contributed by atoms with Crippen LogP contribution in [0.5, 0.6) is 0 Å². The molecule has 0 saturated carbocycles. The number of likely N-dealkylation sites (N-methyl/N-ethyl adjacent to an activating group) is 1. The molecule has 0 unspecified atom stereocenters. The smallest absolute Gasteiger partial charge is 0.250 e. The zero-order valence-electron chi connectivity index (χ0n) is 12.3. The Morgan fingerprint density at radius 3 is 2.82 bits per heavy atom. The van der Waals surface area contributed by atoms with Gasteiger partial charge in [-0.25, -0.2) is 4.98 Å². The molecular formula is C16H17ClN4O. The summed E-state index contributed by atoms with van der Waals surface area (Å²) < 4.78 is 0. The quantitative estimate of drug-likeness (QED) is 0.923. The van der Waals surface area contributed by atoms with Gasteiger partial charge in [0.25, 0.3) is 0 Å². The van der Waals surface area contributed by atoms with Crippen molar-refractivity contribution in [1.82, 2.24) is 4.98 Å². The second-order valence-electron chi connectivity index (χ2n) is 5.37. The fourth-order valence-corrected chi connectivity index (χ4v) is 2.96. The standard InChI is InChI=1S/C16H17ClN4O/c1-20-6-7-21(10-11-4-2-3-5-14(11)20)16-13(17)8-12(9-19-16)15(18)22/h2-5,8-9H,6-7,10H2,1H3,(H2,18,22). The minimum atomic E-state index is -0.526. The lowest BCUT2D eigenvalue weighted by molar-refractivity contribution is 0.1000. The first-order valence-electron chi connectivity index (χ1n) is 7.05. The lowest BCUT2D eigenvalue weighted by Gasteiger charge is -2.23. The van der Waals surface area contributed by atoms with E-state index < -0.39 is 5.91 Å². The second-order valence-corrected chi connectivity index (χ2v) is 5.77. The Hall–Kier alpha value is -2.27. The first kappa shape index (κ1) is 14.7. The predicted octanol–water partition coefficient (Wildman–Crippen LogP) is 2.29. The van der Waals surface area contributed by atoms with E-state index in [4.69, 9.17) is 17.3 Å². The normalized spacial score (nSPS) is 14.5. The summed E-state index contributed by atoms with van der Waals surface area (Å²) in [5.74, 6) is 0.152. The first-order valence-corrected chi connectivity index (χ1v) is 7.43. The van der Waals surface area contributed by atoms with E-state index in [0.717, 1.165) is 19.6 Å². The first-order chi connectivity index (χ1) is 10.6. The van der Waals surface area contributed by atoms with Crippen molar-refractivity contribution in [3.63, 3.8) is 0 Å². The number of carbonyl (C=O) groups is 1. The maximum Gasteiger partial charge on any atom is 0.250 e. The number of anilines is 2. The molecule has 22 heavy (non-hydrogen) atoms. The van der Waals surface area contributed by atoms with Gasteiger partial charge in [-0.1, -0.05) is 29.8 Å². The molecule has 0 aliphatic carbocycles. The van der Waals surface area contributed by atoms with Gasteiger partial charge < -0.3 is 15.5 Å². The minimum absolute atomic E-state index is 0.320. The minimum Gasteiger partial charge on any atom is -0.373 e. The molecule has 1 aromatic carbocycles. The van der Waals surface area contributed by atoms with Crippen molar-refractivity contribution < 1.29 is 4.79 Å². The number of carbonyl (C=O) groups excluding carboxylic acids is 1. The number of fused-ring (bicyclic) bond motifs is 1. The van der Waals surface area contributed by atoms with Crippen molar-refractivity contribution in [1.29, 1.82) is 0 Å². The van der Waals surface area contributed by atoms with Gasteiger partial charge in [0.2, 0.25) is 5.91 Å². The third-order valence-corrected chi connectivity index (χ3v) is 4.15. The van der Waals surface area contributed by atoms with Crippen molar-refractivity contribution in [3.05, 3.63) is 52.7 Å². The number of benzene rings is 1. The van der Waals surface area contributed by atoms with Crippen LogP contribution >= 0.6 is 11.6 Å². The maximum atomic E-state index is 11.2. The van der Waals surface area contributed by atoms with Gasteiger partial charge >= 0.3 is 0 Å². The van der Waals surface area contributed by atoms with Gasteiger partial charge in [0.05, 0.1) is 10.6 Å². The third-order valence-electron chi connectivity index (χ3n) is 3.88. The van der Waals surface area contributed by atoms with Gasteiger partial charge in [-0.05, 0) is 17.7 Å². The number of pyridine rings is 1. The molecule has 1 aromatic heterocycles. The van der Waals surface area contributed by atoms with E-state index in [-0.39, 0.29) is 0 Å². The van der Waals surface area contributed by atoms with Crippen molar-refractivity contribution in [3.8, 4) is 0 Å². The van der Waals surface area contributed by atoms with E-state index in [9.17, 15) is 4.79 Å². The average Bonchev–Trinajstić information content (AvgIpc) is 2.67. The molecule has 1 aliphatic heterocycles. The highest BCUT2D eigenvalue weighted by Gasteiger charge is 2.20. The SMILES string of the molecule is CN1CCN(c2ncc(C(N)=O)cc2Cl)Cc2ccccc21. The summed E-state index contributed by atoms with van der Waals surface area (Å²) in [6.07, 6.45) is 1.48. The van der Waals surface area contributed by atoms with Gasteiger partial charge in [0.15, 0.2) is 0 Å². The highest BCUT2D eigenvalue weighted by molar-refractivity contribution is 6.33. The van der Waals surface area contributed by atoms with Gasteiger partial charge in [0, 0.05) is 38.6 Å². The monoisotopic (exact) mass is 316 g/mol. The van der Waals surface area contributed by atoms with Gasteiger partial charge in [0.1, 0.15) is 5.82 Å². The van der Waals surface area contributed by atoms with E-state index in [1.807, 2.05) is 12.1 Å². The molecule has 0 atom stereocenters. The van der Waals surface area contributed by atoms with Crippen LogP contribution in [0.25, 0.3) is 0 Å². The van der Waals surface area contributed by atoms with Crippen LogP contribution < -0.4 is 15.5 Å². The molecule has 0 bridgehead atoms. The summed E-state index contributed by atoms with van der Waals surface area (Å²) in [6.45, 7) is 2.39. The molecule has 114 valence electrons. The van der Waals surface area contributed by atoms with Crippen molar-refractivity contribution >= 4 is 29.0 Å². The zero-order valence-corrected chi connectivity index (χ0v) is 13.0. The molecule has 0 saturated heterocycles.